The Kier molecular flexibility index (Phi) is 4.83. The number of anilines is 1. The molecule has 7 heteroatoms. The first-order valence-corrected chi connectivity index (χ1v) is 9.47. The van der Waals surface area contributed by atoms with Gasteiger partial charge in [-0.05, 0) is 55.9 Å². The number of hydrogen-bond donors (Lipinski definition) is 2. The summed E-state index contributed by atoms with van der Waals surface area (Å²) in [6.45, 7) is 2.26. The van der Waals surface area contributed by atoms with E-state index >= 15 is 0 Å². The summed E-state index contributed by atoms with van der Waals surface area (Å²) in [7, 11) is 0. The summed E-state index contributed by atoms with van der Waals surface area (Å²) in [4.78, 5) is 26.3. The Bertz CT molecular complexity index is 874. The molecule has 4 rings (SSSR count). The molecule has 1 aromatic carbocycles. The van der Waals surface area contributed by atoms with Crippen LogP contribution in [0.15, 0.2) is 18.2 Å². The van der Waals surface area contributed by atoms with Crippen LogP contribution in [-0.4, -0.2) is 35.2 Å². The molecule has 0 fully saturated rings. The minimum Gasteiger partial charge on any atom is -0.482 e. The maximum absolute atomic E-state index is 12.5. The number of rotatable bonds is 4. The lowest BCUT2D eigenvalue weighted by Crippen LogP contribution is -2.45. The number of carbonyl (C=O) groups excluding carboxylic acids is 2. The van der Waals surface area contributed by atoms with Crippen molar-refractivity contribution in [2.24, 2.45) is 0 Å². The van der Waals surface area contributed by atoms with Crippen LogP contribution in [-0.2, 0) is 29.0 Å². The van der Waals surface area contributed by atoms with Gasteiger partial charge in [0, 0.05) is 5.69 Å². The van der Waals surface area contributed by atoms with Crippen molar-refractivity contribution in [1.82, 2.24) is 15.5 Å². The number of aryl methyl sites for hydroxylation is 2. The Morgan fingerprint density at radius 3 is 3.04 bits per heavy atom. The number of H-pyrrole nitrogens is 1. The Morgan fingerprint density at radius 1 is 1.30 bits per heavy atom. The number of aromatic nitrogens is 2. The van der Waals surface area contributed by atoms with Crippen LogP contribution in [0.5, 0.6) is 5.75 Å². The van der Waals surface area contributed by atoms with Gasteiger partial charge in [0.1, 0.15) is 12.3 Å². The lowest BCUT2D eigenvalue weighted by molar-refractivity contribution is -0.125. The van der Waals surface area contributed by atoms with Gasteiger partial charge in [0.05, 0.1) is 17.9 Å². The molecule has 0 unspecified atom stereocenters. The molecule has 0 saturated heterocycles. The predicted octanol–water partition coefficient (Wildman–Crippen LogP) is 2.03. The molecule has 2 heterocycles. The molecule has 1 aromatic heterocycles. The smallest absolute Gasteiger partial charge is 0.265 e. The SMILES string of the molecule is Cc1ccc2c(c1)N(CC(=O)NCc1n[nH]c3c1CCCCC3)C(=O)CO2. The summed E-state index contributed by atoms with van der Waals surface area (Å²) in [5.41, 5.74) is 5.01. The Morgan fingerprint density at radius 2 is 2.15 bits per heavy atom. The number of hydrogen-bond acceptors (Lipinski definition) is 4. The van der Waals surface area contributed by atoms with Gasteiger partial charge in [-0.2, -0.15) is 5.10 Å². The highest BCUT2D eigenvalue weighted by molar-refractivity contribution is 6.02. The van der Waals surface area contributed by atoms with Crippen molar-refractivity contribution in [2.45, 2.75) is 45.6 Å². The van der Waals surface area contributed by atoms with Crippen molar-refractivity contribution in [1.29, 1.82) is 0 Å². The zero-order chi connectivity index (χ0) is 18.8. The maximum Gasteiger partial charge on any atom is 0.265 e. The van der Waals surface area contributed by atoms with E-state index in [1.807, 2.05) is 25.1 Å². The first-order valence-electron chi connectivity index (χ1n) is 9.47. The van der Waals surface area contributed by atoms with Gasteiger partial charge in [0.2, 0.25) is 5.91 Å². The number of amides is 2. The van der Waals surface area contributed by atoms with Crippen molar-refractivity contribution in [3.8, 4) is 5.75 Å². The number of carbonyl (C=O) groups is 2. The van der Waals surface area contributed by atoms with E-state index in [9.17, 15) is 9.59 Å². The first-order chi connectivity index (χ1) is 13.1. The predicted molar refractivity (Wildman–Crippen MR) is 101 cm³/mol. The minimum absolute atomic E-state index is 0.0226. The van der Waals surface area contributed by atoms with Crippen LogP contribution in [0.2, 0.25) is 0 Å². The Labute approximate surface area is 158 Å². The highest BCUT2D eigenvalue weighted by Crippen LogP contribution is 2.32. The van der Waals surface area contributed by atoms with Crippen LogP contribution in [0.3, 0.4) is 0 Å². The van der Waals surface area contributed by atoms with Crippen LogP contribution in [0.25, 0.3) is 0 Å². The molecule has 2 aliphatic rings. The van der Waals surface area contributed by atoms with Gasteiger partial charge in [-0.3, -0.25) is 19.6 Å². The number of nitrogens with zero attached hydrogens (tertiary/aromatic N) is 2. The molecule has 0 saturated carbocycles. The molecule has 1 aliphatic carbocycles. The van der Waals surface area contributed by atoms with Crippen LogP contribution in [0, 0.1) is 6.92 Å². The van der Waals surface area contributed by atoms with E-state index in [1.54, 1.807) is 0 Å². The van der Waals surface area contributed by atoms with E-state index in [1.165, 1.54) is 29.0 Å². The fourth-order valence-electron chi connectivity index (χ4n) is 3.74. The number of ether oxygens (including phenoxy) is 1. The summed E-state index contributed by atoms with van der Waals surface area (Å²) >= 11 is 0. The minimum atomic E-state index is -0.211. The van der Waals surface area contributed by atoms with E-state index in [2.05, 4.69) is 15.5 Å². The Hall–Kier alpha value is -2.83. The molecule has 1 aliphatic heterocycles. The molecule has 0 atom stereocenters. The molecule has 27 heavy (non-hydrogen) atoms. The average Bonchev–Trinajstić information content (AvgIpc) is 2.89. The van der Waals surface area contributed by atoms with Gasteiger partial charge in [-0.25, -0.2) is 0 Å². The molecular formula is C20H24N4O3. The highest BCUT2D eigenvalue weighted by atomic mass is 16.5. The monoisotopic (exact) mass is 368 g/mol. The van der Waals surface area contributed by atoms with Gasteiger partial charge in [-0.15, -0.1) is 0 Å². The van der Waals surface area contributed by atoms with Gasteiger partial charge in [0.25, 0.3) is 5.91 Å². The fourth-order valence-corrected chi connectivity index (χ4v) is 3.74. The molecule has 2 aromatic rings. The van der Waals surface area contributed by atoms with Gasteiger partial charge < -0.3 is 10.1 Å². The molecule has 0 bridgehead atoms. The normalized spacial score (nSPS) is 16.2. The van der Waals surface area contributed by atoms with Crippen LogP contribution in [0.4, 0.5) is 5.69 Å². The number of nitrogens with one attached hydrogen (secondary N) is 2. The maximum atomic E-state index is 12.5. The summed E-state index contributed by atoms with van der Waals surface area (Å²) in [6.07, 6.45) is 5.59. The molecule has 0 radical (unpaired) electrons. The third-order valence-corrected chi connectivity index (χ3v) is 5.20. The van der Waals surface area contributed by atoms with Crippen molar-refractivity contribution < 1.29 is 14.3 Å². The standard InChI is InChI=1S/C20H24N4O3/c1-13-7-8-18-17(9-13)24(20(26)12-27-18)11-19(25)21-10-16-14-5-3-2-4-6-15(14)22-23-16/h7-9H,2-6,10-12H2,1H3,(H,21,25)(H,22,23). The first kappa shape index (κ1) is 17.6. The molecule has 2 N–H and O–H groups in total. The summed E-state index contributed by atoms with van der Waals surface area (Å²) in [5.74, 6) is 0.214. The van der Waals surface area contributed by atoms with Crippen molar-refractivity contribution in [3.05, 3.63) is 40.7 Å². The van der Waals surface area contributed by atoms with Crippen LogP contribution < -0.4 is 15.0 Å². The highest BCUT2D eigenvalue weighted by Gasteiger charge is 2.27. The topological polar surface area (TPSA) is 87.3 Å². The van der Waals surface area contributed by atoms with Crippen molar-refractivity contribution >= 4 is 17.5 Å². The molecule has 7 nitrogen and oxygen atoms in total. The van der Waals surface area contributed by atoms with E-state index in [0.717, 1.165) is 30.5 Å². The molecular weight excluding hydrogens is 344 g/mol. The van der Waals surface area contributed by atoms with Crippen molar-refractivity contribution in [3.63, 3.8) is 0 Å². The number of aromatic amines is 1. The molecule has 2 amide bonds. The zero-order valence-corrected chi connectivity index (χ0v) is 15.5. The van der Waals surface area contributed by atoms with E-state index < -0.39 is 0 Å². The molecule has 142 valence electrons. The molecule has 0 spiro atoms. The second-order valence-corrected chi connectivity index (χ2v) is 7.20. The number of benzene rings is 1. The second-order valence-electron chi connectivity index (χ2n) is 7.20. The van der Waals surface area contributed by atoms with Gasteiger partial charge in [-0.1, -0.05) is 12.5 Å². The lowest BCUT2D eigenvalue weighted by atomic mass is 10.1. The van der Waals surface area contributed by atoms with Crippen LogP contribution in [0.1, 0.15) is 41.8 Å². The summed E-state index contributed by atoms with van der Waals surface area (Å²) in [6, 6.07) is 5.63. The third-order valence-electron chi connectivity index (χ3n) is 5.20. The van der Waals surface area contributed by atoms with Crippen LogP contribution >= 0.6 is 0 Å². The van der Waals surface area contributed by atoms with E-state index in [4.69, 9.17) is 4.74 Å². The third kappa shape index (κ3) is 3.67. The average molecular weight is 368 g/mol. The second kappa shape index (κ2) is 7.42. The van der Waals surface area contributed by atoms with E-state index in [-0.39, 0.29) is 25.0 Å². The van der Waals surface area contributed by atoms with E-state index in [0.29, 0.717) is 18.0 Å². The largest absolute Gasteiger partial charge is 0.482 e. The lowest BCUT2D eigenvalue weighted by Gasteiger charge is -2.29. The van der Waals surface area contributed by atoms with Gasteiger partial charge >= 0.3 is 0 Å². The zero-order valence-electron chi connectivity index (χ0n) is 15.5. The fraction of sp³-hybridized carbons (Fsp3) is 0.450. The summed E-state index contributed by atoms with van der Waals surface area (Å²) in [5, 5.41) is 10.4. The van der Waals surface area contributed by atoms with Gasteiger partial charge in [0.15, 0.2) is 6.61 Å². The summed E-state index contributed by atoms with van der Waals surface area (Å²) < 4.78 is 5.46. The number of fused-ring (bicyclic) bond motifs is 2. The van der Waals surface area contributed by atoms with Crippen molar-refractivity contribution in [2.75, 3.05) is 18.1 Å². The quantitative estimate of drug-likeness (QED) is 0.809. The Balaban J connectivity index is 1.42.